The van der Waals surface area contributed by atoms with Gasteiger partial charge in [0.15, 0.2) is 0 Å². The van der Waals surface area contributed by atoms with Crippen molar-refractivity contribution in [2.75, 3.05) is 5.73 Å². The fraction of sp³-hybridized carbons (Fsp3) is 0.211. The first kappa shape index (κ1) is 14.0. The van der Waals surface area contributed by atoms with Gasteiger partial charge >= 0.3 is 0 Å². The molecule has 1 aliphatic rings. The molecule has 2 aromatic carbocycles. The molecule has 4 heteroatoms. The number of nitrogen functional groups attached to an aromatic ring is 1. The highest BCUT2D eigenvalue weighted by atomic mass is 19.1. The van der Waals surface area contributed by atoms with E-state index in [9.17, 15) is 4.39 Å². The van der Waals surface area contributed by atoms with Gasteiger partial charge in [-0.05, 0) is 42.0 Å². The number of aryl methyl sites for hydroxylation is 1. The van der Waals surface area contributed by atoms with Crippen LogP contribution in [0.1, 0.15) is 35.6 Å². The Morgan fingerprint density at radius 3 is 2.70 bits per heavy atom. The monoisotopic (exact) mass is 308 g/mol. The molecular weight excluding hydrogens is 291 g/mol. The van der Waals surface area contributed by atoms with E-state index in [0.29, 0.717) is 11.4 Å². The molecule has 1 aromatic heterocycles. The third-order valence-electron chi connectivity index (χ3n) is 4.57. The predicted molar refractivity (Wildman–Crippen MR) is 87.5 cm³/mol. The number of hydrogen-bond donors (Lipinski definition) is 1. The van der Waals surface area contributed by atoms with Crippen molar-refractivity contribution in [1.82, 2.24) is 5.16 Å². The van der Waals surface area contributed by atoms with Gasteiger partial charge in [-0.3, -0.25) is 0 Å². The van der Waals surface area contributed by atoms with Gasteiger partial charge in [-0.25, -0.2) is 4.39 Å². The summed E-state index contributed by atoms with van der Waals surface area (Å²) >= 11 is 0. The summed E-state index contributed by atoms with van der Waals surface area (Å²) in [4.78, 5) is 0. The maximum Gasteiger partial charge on any atom is 0.226 e. The molecule has 0 radical (unpaired) electrons. The van der Waals surface area contributed by atoms with Crippen LogP contribution >= 0.6 is 0 Å². The Morgan fingerprint density at radius 2 is 1.91 bits per heavy atom. The Kier molecular flexibility index (Phi) is 3.37. The number of fused-ring (bicyclic) bond motifs is 1. The Bertz CT molecular complexity index is 842. The van der Waals surface area contributed by atoms with Gasteiger partial charge in [0.1, 0.15) is 5.82 Å². The van der Waals surface area contributed by atoms with Crippen LogP contribution in [0.3, 0.4) is 0 Å². The lowest BCUT2D eigenvalue weighted by Gasteiger charge is -2.22. The van der Waals surface area contributed by atoms with Crippen molar-refractivity contribution in [2.24, 2.45) is 0 Å². The summed E-state index contributed by atoms with van der Waals surface area (Å²) in [6, 6.07) is 15.2. The maximum atomic E-state index is 14.8. The number of aromatic nitrogens is 1. The zero-order valence-corrected chi connectivity index (χ0v) is 12.6. The Balaban J connectivity index is 1.75. The fourth-order valence-electron chi connectivity index (χ4n) is 3.45. The van der Waals surface area contributed by atoms with Crippen LogP contribution in [-0.2, 0) is 6.42 Å². The van der Waals surface area contributed by atoms with Crippen LogP contribution in [0, 0.1) is 5.82 Å². The van der Waals surface area contributed by atoms with E-state index in [0.717, 1.165) is 41.6 Å². The van der Waals surface area contributed by atoms with E-state index in [-0.39, 0.29) is 11.7 Å². The highest BCUT2D eigenvalue weighted by molar-refractivity contribution is 5.64. The van der Waals surface area contributed by atoms with Gasteiger partial charge in [-0.1, -0.05) is 47.6 Å². The van der Waals surface area contributed by atoms with Crippen molar-refractivity contribution in [3.05, 3.63) is 71.2 Å². The summed E-state index contributed by atoms with van der Waals surface area (Å²) < 4.78 is 19.9. The second-order valence-electron chi connectivity index (χ2n) is 5.95. The van der Waals surface area contributed by atoms with E-state index in [4.69, 9.17) is 10.3 Å². The summed E-state index contributed by atoms with van der Waals surface area (Å²) in [6.45, 7) is 0. The Morgan fingerprint density at radius 1 is 1.09 bits per heavy atom. The predicted octanol–water partition coefficient (Wildman–Crippen LogP) is 4.53. The van der Waals surface area contributed by atoms with Gasteiger partial charge in [0.05, 0.1) is 5.69 Å². The maximum absolute atomic E-state index is 14.8. The summed E-state index contributed by atoms with van der Waals surface area (Å²) in [6.07, 6.45) is 2.67. The van der Waals surface area contributed by atoms with Gasteiger partial charge in [0.2, 0.25) is 5.88 Å². The van der Waals surface area contributed by atoms with Crippen LogP contribution in [0.4, 0.5) is 10.3 Å². The number of hydrogen-bond acceptors (Lipinski definition) is 3. The minimum atomic E-state index is -0.204. The quantitative estimate of drug-likeness (QED) is 0.756. The van der Waals surface area contributed by atoms with Crippen LogP contribution in [0.15, 0.2) is 53.1 Å². The van der Waals surface area contributed by atoms with Gasteiger partial charge in [-0.15, -0.1) is 0 Å². The number of anilines is 1. The number of rotatable bonds is 2. The van der Waals surface area contributed by atoms with Crippen molar-refractivity contribution < 1.29 is 8.91 Å². The molecular formula is C19H17FN2O. The number of nitrogens with zero attached hydrogens (tertiary/aromatic N) is 1. The average Bonchev–Trinajstić information content (AvgIpc) is 2.97. The van der Waals surface area contributed by atoms with Crippen molar-refractivity contribution in [3.8, 4) is 11.1 Å². The zero-order valence-electron chi connectivity index (χ0n) is 12.6. The third kappa shape index (κ3) is 2.40. The molecule has 0 amide bonds. The topological polar surface area (TPSA) is 52.0 Å². The van der Waals surface area contributed by atoms with Crippen molar-refractivity contribution in [1.29, 1.82) is 0 Å². The van der Waals surface area contributed by atoms with Crippen LogP contribution in [0.25, 0.3) is 11.1 Å². The first-order valence-electron chi connectivity index (χ1n) is 7.83. The van der Waals surface area contributed by atoms with Gasteiger partial charge in [0.25, 0.3) is 0 Å². The summed E-state index contributed by atoms with van der Waals surface area (Å²) in [7, 11) is 0. The molecule has 1 heterocycles. The third-order valence-corrected chi connectivity index (χ3v) is 4.57. The minimum absolute atomic E-state index is 0.0742. The first-order valence-corrected chi connectivity index (χ1v) is 7.83. The molecule has 1 aliphatic carbocycles. The molecule has 0 aliphatic heterocycles. The molecule has 4 rings (SSSR count). The van der Waals surface area contributed by atoms with E-state index < -0.39 is 0 Å². The van der Waals surface area contributed by atoms with Gasteiger partial charge in [-0.2, -0.15) is 0 Å². The number of benzene rings is 2. The summed E-state index contributed by atoms with van der Waals surface area (Å²) in [5.74, 6) is 0.0378. The second kappa shape index (κ2) is 5.54. The van der Waals surface area contributed by atoms with Gasteiger partial charge < -0.3 is 10.3 Å². The molecule has 3 nitrogen and oxygen atoms in total. The highest BCUT2D eigenvalue weighted by Gasteiger charge is 2.30. The van der Waals surface area contributed by atoms with Crippen molar-refractivity contribution in [3.63, 3.8) is 0 Å². The molecule has 116 valence electrons. The van der Waals surface area contributed by atoms with Crippen molar-refractivity contribution in [2.45, 2.75) is 25.2 Å². The number of halogens is 1. The lowest BCUT2D eigenvalue weighted by Crippen LogP contribution is -2.12. The highest BCUT2D eigenvalue weighted by Crippen LogP contribution is 2.41. The molecule has 1 atom stereocenters. The standard InChI is InChI=1S/C19H17FN2O/c20-16-11-13(12-5-2-1-3-6-12)9-10-14(16)15-7-4-8-17-18(15)19(21)23-22-17/h1-3,5-6,9-11,15H,4,7-8,21H2. The largest absolute Gasteiger partial charge is 0.367 e. The molecule has 0 spiro atoms. The molecule has 2 N–H and O–H groups in total. The van der Waals surface area contributed by atoms with E-state index in [1.807, 2.05) is 42.5 Å². The Hall–Kier alpha value is -2.62. The average molecular weight is 308 g/mol. The lowest BCUT2D eigenvalue weighted by atomic mass is 9.81. The van der Waals surface area contributed by atoms with Gasteiger partial charge in [0, 0.05) is 11.5 Å². The molecule has 0 saturated carbocycles. The molecule has 0 saturated heterocycles. The van der Waals surface area contributed by atoms with Crippen LogP contribution < -0.4 is 5.73 Å². The molecule has 23 heavy (non-hydrogen) atoms. The van der Waals surface area contributed by atoms with E-state index in [1.54, 1.807) is 6.07 Å². The van der Waals surface area contributed by atoms with Crippen LogP contribution in [-0.4, -0.2) is 5.16 Å². The van der Waals surface area contributed by atoms with Crippen LogP contribution in [0.5, 0.6) is 0 Å². The first-order chi connectivity index (χ1) is 11.2. The molecule has 1 unspecified atom stereocenters. The molecule has 0 bridgehead atoms. The van der Waals surface area contributed by atoms with E-state index >= 15 is 0 Å². The number of nitrogens with two attached hydrogens (primary N) is 1. The zero-order chi connectivity index (χ0) is 15.8. The molecule has 3 aromatic rings. The van der Waals surface area contributed by atoms with Crippen LogP contribution in [0.2, 0.25) is 0 Å². The SMILES string of the molecule is Nc1onc2c1C(c1ccc(-c3ccccc3)cc1F)CCC2. The second-order valence-corrected chi connectivity index (χ2v) is 5.95. The normalized spacial score (nSPS) is 17.0. The minimum Gasteiger partial charge on any atom is -0.367 e. The van der Waals surface area contributed by atoms with E-state index in [1.165, 1.54) is 0 Å². The summed E-state index contributed by atoms with van der Waals surface area (Å²) in [5.41, 5.74) is 10.2. The molecule has 0 fully saturated rings. The van der Waals surface area contributed by atoms with E-state index in [2.05, 4.69) is 5.16 Å². The Labute approximate surface area is 133 Å². The fourth-order valence-corrected chi connectivity index (χ4v) is 3.45. The summed E-state index contributed by atoms with van der Waals surface area (Å²) in [5, 5.41) is 4.00. The smallest absolute Gasteiger partial charge is 0.226 e. The lowest BCUT2D eigenvalue weighted by molar-refractivity contribution is 0.427. The van der Waals surface area contributed by atoms with Crippen molar-refractivity contribution >= 4 is 5.88 Å².